The number of hydrogen-bond donors (Lipinski definition) is 1. The quantitative estimate of drug-likeness (QED) is 0.922. The summed E-state index contributed by atoms with van der Waals surface area (Å²) in [5.41, 5.74) is 6.39. The molecule has 1 fully saturated rings. The summed E-state index contributed by atoms with van der Waals surface area (Å²) < 4.78 is 26.0. The van der Waals surface area contributed by atoms with Crippen LogP contribution in [0.2, 0.25) is 0 Å². The number of nitrogens with two attached hydrogens (primary N) is 1. The van der Waals surface area contributed by atoms with Gasteiger partial charge in [0.2, 0.25) is 5.91 Å². The van der Waals surface area contributed by atoms with Gasteiger partial charge in [0.1, 0.15) is 0 Å². The average Bonchev–Trinajstić information content (AvgIpc) is 2.43. The summed E-state index contributed by atoms with van der Waals surface area (Å²) in [7, 11) is 0. The van der Waals surface area contributed by atoms with Crippen molar-refractivity contribution < 1.29 is 13.6 Å². The van der Waals surface area contributed by atoms with Crippen LogP contribution >= 0.6 is 0 Å². The highest BCUT2D eigenvalue weighted by molar-refractivity contribution is 5.78. The SMILES string of the molecule is C[C@H](N)[C@@H]1CCCN(C(=O)Cc2ccc(F)c(F)c2)C1. The summed E-state index contributed by atoms with van der Waals surface area (Å²) in [5.74, 6) is -1.54. The molecular weight excluding hydrogens is 262 g/mol. The van der Waals surface area contributed by atoms with Crippen LogP contribution in [0.1, 0.15) is 25.3 Å². The van der Waals surface area contributed by atoms with E-state index in [-0.39, 0.29) is 18.4 Å². The van der Waals surface area contributed by atoms with E-state index in [0.29, 0.717) is 24.6 Å². The van der Waals surface area contributed by atoms with Crippen LogP contribution in [0, 0.1) is 17.6 Å². The molecule has 1 saturated heterocycles. The van der Waals surface area contributed by atoms with Crippen LogP contribution in [0.4, 0.5) is 8.78 Å². The molecule has 5 heteroatoms. The van der Waals surface area contributed by atoms with Crippen molar-refractivity contribution >= 4 is 5.91 Å². The normalized spacial score (nSPS) is 20.8. The Hall–Kier alpha value is -1.49. The number of nitrogens with zero attached hydrogens (tertiary/aromatic N) is 1. The topological polar surface area (TPSA) is 46.3 Å². The van der Waals surface area contributed by atoms with Crippen LogP contribution in [0.5, 0.6) is 0 Å². The van der Waals surface area contributed by atoms with Crippen molar-refractivity contribution in [3.63, 3.8) is 0 Å². The van der Waals surface area contributed by atoms with Gasteiger partial charge in [0.15, 0.2) is 11.6 Å². The van der Waals surface area contributed by atoms with Crippen molar-refractivity contribution in [2.45, 2.75) is 32.2 Å². The molecule has 2 atom stereocenters. The molecule has 0 bridgehead atoms. The number of carbonyl (C=O) groups excluding carboxylic acids is 1. The third kappa shape index (κ3) is 3.54. The summed E-state index contributed by atoms with van der Waals surface area (Å²) in [5, 5.41) is 0. The number of benzene rings is 1. The van der Waals surface area contributed by atoms with Gasteiger partial charge in [-0.1, -0.05) is 6.07 Å². The van der Waals surface area contributed by atoms with Gasteiger partial charge in [0, 0.05) is 19.1 Å². The highest BCUT2D eigenvalue weighted by atomic mass is 19.2. The van der Waals surface area contributed by atoms with E-state index in [1.807, 2.05) is 6.92 Å². The first-order chi connectivity index (χ1) is 9.47. The minimum Gasteiger partial charge on any atom is -0.342 e. The second kappa shape index (κ2) is 6.31. The maximum atomic E-state index is 13.1. The smallest absolute Gasteiger partial charge is 0.227 e. The van der Waals surface area contributed by atoms with Gasteiger partial charge in [-0.25, -0.2) is 8.78 Å². The Kier molecular flexibility index (Phi) is 4.70. The maximum absolute atomic E-state index is 13.1. The van der Waals surface area contributed by atoms with E-state index in [1.165, 1.54) is 6.07 Å². The van der Waals surface area contributed by atoms with E-state index in [2.05, 4.69) is 0 Å². The number of halogens is 2. The number of rotatable bonds is 3. The van der Waals surface area contributed by atoms with E-state index in [4.69, 9.17) is 5.73 Å². The molecule has 110 valence electrons. The van der Waals surface area contributed by atoms with Crippen LogP contribution in [0.25, 0.3) is 0 Å². The monoisotopic (exact) mass is 282 g/mol. The van der Waals surface area contributed by atoms with Gasteiger partial charge in [0.05, 0.1) is 6.42 Å². The fourth-order valence-corrected chi connectivity index (χ4v) is 2.60. The Morgan fingerprint density at radius 3 is 2.85 bits per heavy atom. The molecular formula is C15H20F2N2O. The zero-order valence-corrected chi connectivity index (χ0v) is 11.6. The first-order valence-corrected chi connectivity index (χ1v) is 6.94. The minimum atomic E-state index is -0.914. The van der Waals surface area contributed by atoms with Gasteiger partial charge in [-0.15, -0.1) is 0 Å². The van der Waals surface area contributed by atoms with Gasteiger partial charge in [-0.3, -0.25) is 4.79 Å². The lowest BCUT2D eigenvalue weighted by atomic mass is 9.92. The van der Waals surface area contributed by atoms with Crippen molar-refractivity contribution in [1.29, 1.82) is 0 Å². The standard InChI is InChI=1S/C15H20F2N2O/c1-10(18)12-3-2-6-19(9-12)15(20)8-11-4-5-13(16)14(17)7-11/h4-5,7,10,12H,2-3,6,8-9,18H2,1H3/t10-,12+/m0/s1. The van der Waals surface area contributed by atoms with E-state index < -0.39 is 11.6 Å². The Morgan fingerprint density at radius 1 is 1.45 bits per heavy atom. The fourth-order valence-electron chi connectivity index (χ4n) is 2.60. The predicted octanol–water partition coefficient (Wildman–Crippen LogP) is 2.09. The first-order valence-electron chi connectivity index (χ1n) is 6.94. The van der Waals surface area contributed by atoms with Crippen LogP contribution in [-0.4, -0.2) is 29.9 Å². The lowest BCUT2D eigenvalue weighted by Crippen LogP contribution is -2.45. The summed E-state index contributed by atoms with van der Waals surface area (Å²) in [6, 6.07) is 3.65. The first kappa shape index (κ1) is 14.9. The van der Waals surface area contributed by atoms with Gasteiger partial charge in [-0.05, 0) is 43.4 Å². The van der Waals surface area contributed by atoms with Crippen LogP contribution in [-0.2, 0) is 11.2 Å². The Balaban J connectivity index is 1.98. The third-order valence-corrected chi connectivity index (χ3v) is 3.89. The average molecular weight is 282 g/mol. The summed E-state index contributed by atoms with van der Waals surface area (Å²) in [6.45, 7) is 3.32. The van der Waals surface area contributed by atoms with Crippen molar-refractivity contribution in [2.24, 2.45) is 11.7 Å². The molecule has 2 rings (SSSR count). The number of piperidine rings is 1. The molecule has 1 aromatic carbocycles. The molecule has 0 aliphatic carbocycles. The fraction of sp³-hybridized carbons (Fsp3) is 0.533. The molecule has 1 aromatic rings. The van der Waals surface area contributed by atoms with Gasteiger partial charge in [0.25, 0.3) is 0 Å². The zero-order chi connectivity index (χ0) is 14.7. The molecule has 2 N–H and O–H groups in total. The summed E-state index contributed by atoms with van der Waals surface area (Å²) >= 11 is 0. The number of likely N-dealkylation sites (tertiary alicyclic amines) is 1. The van der Waals surface area contributed by atoms with Crippen molar-refractivity contribution in [1.82, 2.24) is 4.90 Å². The van der Waals surface area contributed by atoms with Crippen molar-refractivity contribution in [3.05, 3.63) is 35.4 Å². The second-order valence-electron chi connectivity index (χ2n) is 5.53. The molecule has 0 unspecified atom stereocenters. The molecule has 0 saturated carbocycles. The molecule has 1 aliphatic rings. The van der Waals surface area contributed by atoms with Gasteiger partial charge < -0.3 is 10.6 Å². The van der Waals surface area contributed by atoms with E-state index in [0.717, 1.165) is 25.0 Å². The molecule has 0 radical (unpaired) electrons. The number of hydrogen-bond acceptors (Lipinski definition) is 2. The lowest BCUT2D eigenvalue weighted by Gasteiger charge is -2.34. The number of carbonyl (C=O) groups is 1. The zero-order valence-electron chi connectivity index (χ0n) is 11.6. The Morgan fingerprint density at radius 2 is 2.20 bits per heavy atom. The lowest BCUT2D eigenvalue weighted by molar-refractivity contribution is -0.132. The number of amides is 1. The summed E-state index contributed by atoms with van der Waals surface area (Å²) in [6.07, 6.45) is 2.07. The molecule has 0 spiro atoms. The molecule has 1 heterocycles. The highest BCUT2D eigenvalue weighted by Crippen LogP contribution is 2.20. The highest BCUT2D eigenvalue weighted by Gasteiger charge is 2.25. The minimum absolute atomic E-state index is 0.0543. The molecule has 1 aliphatic heterocycles. The molecule has 0 aromatic heterocycles. The van der Waals surface area contributed by atoms with E-state index in [9.17, 15) is 13.6 Å². The summed E-state index contributed by atoms with van der Waals surface area (Å²) in [4.78, 5) is 14.0. The molecule has 3 nitrogen and oxygen atoms in total. The van der Waals surface area contributed by atoms with Gasteiger partial charge >= 0.3 is 0 Å². The predicted molar refractivity (Wildman–Crippen MR) is 73.0 cm³/mol. The van der Waals surface area contributed by atoms with E-state index >= 15 is 0 Å². The maximum Gasteiger partial charge on any atom is 0.227 e. The van der Waals surface area contributed by atoms with Crippen LogP contribution < -0.4 is 5.73 Å². The Labute approximate surface area is 117 Å². The third-order valence-electron chi connectivity index (χ3n) is 3.89. The van der Waals surface area contributed by atoms with Crippen LogP contribution in [0.15, 0.2) is 18.2 Å². The Bertz CT molecular complexity index is 491. The second-order valence-corrected chi connectivity index (χ2v) is 5.53. The van der Waals surface area contributed by atoms with Crippen molar-refractivity contribution in [3.8, 4) is 0 Å². The molecule has 1 amide bonds. The van der Waals surface area contributed by atoms with E-state index in [1.54, 1.807) is 4.90 Å². The van der Waals surface area contributed by atoms with Gasteiger partial charge in [-0.2, -0.15) is 0 Å². The molecule has 20 heavy (non-hydrogen) atoms. The van der Waals surface area contributed by atoms with Crippen molar-refractivity contribution in [2.75, 3.05) is 13.1 Å². The van der Waals surface area contributed by atoms with Crippen LogP contribution in [0.3, 0.4) is 0 Å². The largest absolute Gasteiger partial charge is 0.342 e.